The van der Waals surface area contributed by atoms with Crippen molar-refractivity contribution >= 4 is 27.4 Å². The zero-order valence-electron chi connectivity index (χ0n) is 15.1. The smallest absolute Gasteiger partial charge is 0.146 e. The first kappa shape index (κ1) is 16.9. The second-order valence-electron chi connectivity index (χ2n) is 7.63. The van der Waals surface area contributed by atoms with Gasteiger partial charge in [0.15, 0.2) is 0 Å². The lowest BCUT2D eigenvalue weighted by atomic mass is 10.1. The molecular weight excluding hydrogens is 348 g/mol. The quantitative estimate of drug-likeness (QED) is 0.886. The van der Waals surface area contributed by atoms with Gasteiger partial charge in [0.05, 0.1) is 31.2 Å². The Hall–Kier alpha value is -1.28. The number of aryl methyl sites for hydroxylation is 2. The van der Waals surface area contributed by atoms with Gasteiger partial charge in [-0.2, -0.15) is 0 Å². The minimum Gasteiger partial charge on any atom is -0.391 e. The van der Waals surface area contributed by atoms with Gasteiger partial charge in [-0.25, -0.2) is 9.97 Å². The van der Waals surface area contributed by atoms with Gasteiger partial charge in [0.1, 0.15) is 16.5 Å². The first-order valence-electron chi connectivity index (χ1n) is 9.82. The van der Waals surface area contributed by atoms with Gasteiger partial charge in [0, 0.05) is 31.1 Å². The molecule has 1 aliphatic carbocycles. The van der Waals surface area contributed by atoms with Crippen LogP contribution in [-0.4, -0.2) is 65.5 Å². The lowest BCUT2D eigenvalue weighted by Crippen LogP contribution is -2.39. The summed E-state index contributed by atoms with van der Waals surface area (Å²) in [7, 11) is 0. The first-order valence-corrected chi connectivity index (χ1v) is 10.6. The van der Waals surface area contributed by atoms with Gasteiger partial charge < -0.3 is 14.7 Å². The molecule has 2 fully saturated rings. The number of hydrogen-bond acceptors (Lipinski definition) is 7. The molecule has 2 aromatic rings. The molecule has 3 aliphatic rings. The predicted octanol–water partition coefficient (Wildman–Crippen LogP) is 1.97. The van der Waals surface area contributed by atoms with E-state index in [0.29, 0.717) is 6.54 Å². The van der Waals surface area contributed by atoms with Crippen LogP contribution >= 0.6 is 11.3 Å². The molecular formula is C19H26N4O2S. The van der Waals surface area contributed by atoms with Crippen LogP contribution in [0.4, 0.5) is 5.82 Å². The fourth-order valence-corrected chi connectivity index (χ4v) is 5.70. The van der Waals surface area contributed by atoms with Gasteiger partial charge in [0.25, 0.3) is 0 Å². The molecule has 26 heavy (non-hydrogen) atoms. The Bertz CT molecular complexity index is 802. The summed E-state index contributed by atoms with van der Waals surface area (Å²) in [4.78, 5) is 17.3. The van der Waals surface area contributed by atoms with Gasteiger partial charge >= 0.3 is 0 Å². The molecule has 7 heteroatoms. The Morgan fingerprint density at radius 3 is 2.85 bits per heavy atom. The van der Waals surface area contributed by atoms with E-state index < -0.39 is 0 Å². The number of aliphatic hydroxyl groups is 1. The summed E-state index contributed by atoms with van der Waals surface area (Å²) in [6.45, 7) is 5.92. The van der Waals surface area contributed by atoms with Crippen molar-refractivity contribution < 1.29 is 9.84 Å². The zero-order chi connectivity index (χ0) is 17.5. The maximum atomic E-state index is 10.2. The van der Waals surface area contributed by atoms with Gasteiger partial charge in [-0.1, -0.05) is 0 Å². The van der Waals surface area contributed by atoms with Crippen molar-refractivity contribution in [1.29, 1.82) is 0 Å². The van der Waals surface area contributed by atoms with E-state index in [-0.39, 0.29) is 6.10 Å². The Balaban J connectivity index is 1.55. The highest BCUT2D eigenvalue weighted by Crippen LogP contribution is 2.41. The molecule has 0 amide bonds. The molecule has 0 spiro atoms. The van der Waals surface area contributed by atoms with E-state index in [1.807, 2.05) is 11.3 Å². The molecule has 2 saturated heterocycles. The molecule has 140 valence electrons. The molecule has 4 heterocycles. The lowest BCUT2D eigenvalue weighted by Gasteiger charge is -2.32. The molecule has 0 aromatic carbocycles. The van der Waals surface area contributed by atoms with Crippen molar-refractivity contribution in [2.75, 3.05) is 44.3 Å². The number of piperidine rings is 1. The summed E-state index contributed by atoms with van der Waals surface area (Å²) in [5, 5.41) is 11.4. The average molecular weight is 375 g/mol. The number of aliphatic hydroxyl groups excluding tert-OH is 1. The van der Waals surface area contributed by atoms with Crippen molar-refractivity contribution in [2.24, 2.45) is 0 Å². The van der Waals surface area contributed by atoms with Gasteiger partial charge in [-0.05, 0) is 37.7 Å². The van der Waals surface area contributed by atoms with E-state index in [0.717, 1.165) is 75.1 Å². The third-order valence-corrected chi connectivity index (χ3v) is 6.94. The van der Waals surface area contributed by atoms with Gasteiger partial charge in [-0.3, -0.25) is 4.90 Å². The number of ether oxygens (including phenoxy) is 1. The molecule has 1 atom stereocenters. The molecule has 2 aliphatic heterocycles. The van der Waals surface area contributed by atoms with E-state index in [2.05, 4.69) is 9.80 Å². The van der Waals surface area contributed by atoms with Crippen molar-refractivity contribution in [3.8, 4) is 0 Å². The van der Waals surface area contributed by atoms with Crippen LogP contribution < -0.4 is 4.90 Å². The predicted molar refractivity (Wildman–Crippen MR) is 103 cm³/mol. The van der Waals surface area contributed by atoms with E-state index in [9.17, 15) is 5.11 Å². The summed E-state index contributed by atoms with van der Waals surface area (Å²) in [6, 6.07) is 0. The third kappa shape index (κ3) is 3.11. The van der Waals surface area contributed by atoms with Crippen molar-refractivity contribution in [2.45, 2.75) is 44.8 Å². The number of rotatable bonds is 3. The molecule has 6 nitrogen and oxygen atoms in total. The minimum atomic E-state index is -0.247. The highest BCUT2D eigenvalue weighted by molar-refractivity contribution is 7.19. The molecule has 0 saturated carbocycles. The Labute approximate surface area is 157 Å². The Kier molecular flexibility index (Phi) is 4.56. The van der Waals surface area contributed by atoms with Gasteiger partial charge in [0.2, 0.25) is 0 Å². The topological polar surface area (TPSA) is 61.7 Å². The minimum absolute atomic E-state index is 0.247. The van der Waals surface area contributed by atoms with Crippen LogP contribution in [0, 0.1) is 0 Å². The van der Waals surface area contributed by atoms with E-state index in [1.165, 1.54) is 28.7 Å². The molecule has 1 unspecified atom stereocenters. The Morgan fingerprint density at radius 1 is 1.12 bits per heavy atom. The van der Waals surface area contributed by atoms with Crippen LogP contribution in [0.3, 0.4) is 0 Å². The number of β-amino-alcohol motifs (C(OH)–C–C–N with tert-alkyl or cyclic N) is 1. The van der Waals surface area contributed by atoms with Crippen molar-refractivity contribution in [1.82, 2.24) is 14.9 Å². The van der Waals surface area contributed by atoms with Crippen LogP contribution in [0.25, 0.3) is 10.2 Å². The molecule has 0 bridgehead atoms. The highest BCUT2D eigenvalue weighted by Gasteiger charge is 2.27. The number of fused-ring (bicyclic) bond motifs is 3. The first-order chi connectivity index (χ1) is 12.8. The van der Waals surface area contributed by atoms with Crippen LogP contribution in [0.2, 0.25) is 0 Å². The maximum absolute atomic E-state index is 10.2. The summed E-state index contributed by atoms with van der Waals surface area (Å²) in [6.07, 6.45) is 5.24. The largest absolute Gasteiger partial charge is 0.391 e. The number of thiophene rings is 1. The van der Waals surface area contributed by atoms with E-state index in [4.69, 9.17) is 14.7 Å². The molecule has 5 rings (SSSR count). The van der Waals surface area contributed by atoms with Gasteiger partial charge in [-0.15, -0.1) is 11.3 Å². The molecule has 2 aromatic heterocycles. The van der Waals surface area contributed by atoms with E-state index in [1.54, 1.807) is 0 Å². The number of anilines is 1. The molecule has 1 N–H and O–H groups in total. The van der Waals surface area contributed by atoms with Crippen molar-refractivity contribution in [3.63, 3.8) is 0 Å². The average Bonchev–Trinajstić information content (AvgIpc) is 3.23. The standard InChI is InChI=1S/C19H26N4O2S/c24-13-3-2-6-23(11-13)18-17-14-4-1-5-15(14)26-19(17)21-16(20-18)12-22-7-9-25-10-8-22/h13,24H,1-12H2. The monoisotopic (exact) mass is 374 g/mol. The lowest BCUT2D eigenvalue weighted by molar-refractivity contribution is 0.0331. The van der Waals surface area contributed by atoms with Crippen LogP contribution in [0.5, 0.6) is 0 Å². The summed E-state index contributed by atoms with van der Waals surface area (Å²) in [5.74, 6) is 1.98. The van der Waals surface area contributed by atoms with Crippen molar-refractivity contribution in [3.05, 3.63) is 16.3 Å². The zero-order valence-corrected chi connectivity index (χ0v) is 15.9. The number of morpholine rings is 1. The summed E-state index contributed by atoms with van der Waals surface area (Å²) >= 11 is 1.86. The SMILES string of the molecule is OC1CCCN(c2nc(CN3CCOCC3)nc3sc4c(c23)CCC4)C1. The fourth-order valence-electron chi connectivity index (χ4n) is 4.43. The Morgan fingerprint density at radius 2 is 2.00 bits per heavy atom. The van der Waals surface area contributed by atoms with Crippen LogP contribution in [-0.2, 0) is 24.1 Å². The van der Waals surface area contributed by atoms with E-state index >= 15 is 0 Å². The number of aromatic nitrogens is 2. The fraction of sp³-hybridized carbons (Fsp3) is 0.684. The number of nitrogens with zero attached hydrogens (tertiary/aromatic N) is 4. The van der Waals surface area contributed by atoms with Crippen LogP contribution in [0.1, 0.15) is 35.5 Å². The molecule has 0 radical (unpaired) electrons. The summed E-state index contributed by atoms with van der Waals surface area (Å²) < 4.78 is 5.46. The normalized spacial score (nSPS) is 24.3. The second-order valence-corrected chi connectivity index (χ2v) is 8.72. The van der Waals surface area contributed by atoms with Crippen LogP contribution in [0.15, 0.2) is 0 Å². The highest BCUT2D eigenvalue weighted by atomic mass is 32.1. The summed E-state index contributed by atoms with van der Waals surface area (Å²) in [5.41, 5.74) is 1.47. The maximum Gasteiger partial charge on any atom is 0.146 e. The second kappa shape index (κ2) is 7.03. The third-order valence-electron chi connectivity index (χ3n) is 5.76. The number of hydrogen-bond donors (Lipinski definition) is 1.